The molecule has 0 spiro atoms. The molecule has 0 saturated heterocycles. The Kier molecular flexibility index (Phi) is 6.16. The van der Waals surface area contributed by atoms with Crippen LogP contribution in [0.1, 0.15) is 20.9 Å². The van der Waals surface area contributed by atoms with Gasteiger partial charge in [-0.3, -0.25) is 4.79 Å². The number of nitrogens with zero attached hydrogens (tertiary/aromatic N) is 1. The SMILES string of the molecule is COc1cc(C(=O)NCc2ccc(-c3csc(C)n3)cc2)cc(OC)c1OC. The maximum atomic E-state index is 12.6. The average Bonchev–Trinajstić information content (AvgIpc) is 3.17. The van der Waals surface area contributed by atoms with Crippen molar-refractivity contribution in [1.29, 1.82) is 0 Å². The molecule has 1 amide bonds. The predicted molar refractivity (Wildman–Crippen MR) is 110 cm³/mol. The van der Waals surface area contributed by atoms with Crippen molar-refractivity contribution in [2.24, 2.45) is 0 Å². The number of amides is 1. The van der Waals surface area contributed by atoms with Crippen LogP contribution in [0.3, 0.4) is 0 Å². The number of rotatable bonds is 7. The van der Waals surface area contributed by atoms with E-state index in [0.717, 1.165) is 21.8 Å². The third-order valence-electron chi connectivity index (χ3n) is 4.25. The highest BCUT2D eigenvalue weighted by Gasteiger charge is 2.16. The van der Waals surface area contributed by atoms with Crippen LogP contribution in [0.4, 0.5) is 0 Å². The summed E-state index contributed by atoms with van der Waals surface area (Å²) in [4.78, 5) is 17.1. The van der Waals surface area contributed by atoms with Gasteiger partial charge in [0.2, 0.25) is 5.75 Å². The molecule has 0 fully saturated rings. The predicted octanol–water partition coefficient (Wildman–Crippen LogP) is 4.07. The van der Waals surface area contributed by atoms with Gasteiger partial charge in [-0.25, -0.2) is 4.98 Å². The molecule has 0 bridgehead atoms. The highest BCUT2D eigenvalue weighted by Crippen LogP contribution is 2.38. The van der Waals surface area contributed by atoms with E-state index in [0.29, 0.717) is 29.4 Å². The largest absolute Gasteiger partial charge is 0.493 e. The van der Waals surface area contributed by atoms with Crippen LogP contribution < -0.4 is 19.5 Å². The van der Waals surface area contributed by atoms with Gasteiger partial charge in [-0.05, 0) is 24.6 Å². The molecule has 1 N–H and O–H groups in total. The number of hydrogen-bond acceptors (Lipinski definition) is 6. The lowest BCUT2D eigenvalue weighted by atomic mass is 10.1. The van der Waals surface area contributed by atoms with Crippen molar-refractivity contribution in [3.63, 3.8) is 0 Å². The third kappa shape index (κ3) is 4.26. The summed E-state index contributed by atoms with van der Waals surface area (Å²) in [5.41, 5.74) is 3.46. The zero-order chi connectivity index (χ0) is 20.1. The molecule has 7 heteroatoms. The van der Waals surface area contributed by atoms with Crippen molar-refractivity contribution in [2.75, 3.05) is 21.3 Å². The maximum Gasteiger partial charge on any atom is 0.251 e. The first kappa shape index (κ1) is 19.7. The lowest BCUT2D eigenvalue weighted by Gasteiger charge is -2.14. The second kappa shape index (κ2) is 8.75. The van der Waals surface area contributed by atoms with E-state index in [2.05, 4.69) is 10.3 Å². The van der Waals surface area contributed by atoms with Crippen molar-refractivity contribution < 1.29 is 19.0 Å². The molecular formula is C21H22N2O4S. The number of carbonyl (C=O) groups is 1. The van der Waals surface area contributed by atoms with E-state index >= 15 is 0 Å². The van der Waals surface area contributed by atoms with E-state index in [1.165, 1.54) is 21.3 Å². The normalized spacial score (nSPS) is 10.4. The van der Waals surface area contributed by atoms with E-state index < -0.39 is 0 Å². The third-order valence-corrected chi connectivity index (χ3v) is 5.02. The minimum Gasteiger partial charge on any atom is -0.493 e. The minimum atomic E-state index is -0.224. The lowest BCUT2D eigenvalue weighted by molar-refractivity contribution is 0.0950. The van der Waals surface area contributed by atoms with Crippen molar-refractivity contribution >= 4 is 17.2 Å². The summed E-state index contributed by atoms with van der Waals surface area (Å²) >= 11 is 1.63. The van der Waals surface area contributed by atoms with Crippen LogP contribution in [-0.4, -0.2) is 32.2 Å². The number of aromatic nitrogens is 1. The molecule has 0 atom stereocenters. The Morgan fingerprint density at radius 2 is 1.68 bits per heavy atom. The van der Waals surface area contributed by atoms with Crippen molar-refractivity contribution in [3.05, 3.63) is 57.9 Å². The van der Waals surface area contributed by atoms with Crippen molar-refractivity contribution in [2.45, 2.75) is 13.5 Å². The van der Waals surface area contributed by atoms with Crippen molar-refractivity contribution in [1.82, 2.24) is 10.3 Å². The Morgan fingerprint density at radius 1 is 1.04 bits per heavy atom. The van der Waals surface area contributed by atoms with E-state index in [9.17, 15) is 4.79 Å². The number of ether oxygens (including phenoxy) is 3. The molecule has 0 aliphatic carbocycles. The monoisotopic (exact) mass is 398 g/mol. The molecule has 28 heavy (non-hydrogen) atoms. The Hall–Kier alpha value is -3.06. The molecule has 1 aromatic heterocycles. The van der Waals surface area contributed by atoms with Gasteiger partial charge in [0.15, 0.2) is 11.5 Å². The molecule has 6 nitrogen and oxygen atoms in total. The quantitative estimate of drug-likeness (QED) is 0.650. The van der Waals surface area contributed by atoms with Gasteiger partial charge in [0.05, 0.1) is 32.0 Å². The molecule has 2 aromatic carbocycles. The second-order valence-electron chi connectivity index (χ2n) is 6.05. The van der Waals surface area contributed by atoms with Gasteiger partial charge >= 0.3 is 0 Å². The Balaban J connectivity index is 1.70. The number of thiazole rings is 1. The summed E-state index contributed by atoms with van der Waals surface area (Å²) in [6, 6.07) is 11.2. The van der Waals surface area contributed by atoms with Gasteiger partial charge in [-0.1, -0.05) is 24.3 Å². The summed E-state index contributed by atoms with van der Waals surface area (Å²) in [6.45, 7) is 2.40. The maximum absolute atomic E-state index is 12.6. The molecule has 146 valence electrons. The first-order valence-corrected chi connectivity index (χ1v) is 9.53. The van der Waals surface area contributed by atoms with Crippen LogP contribution in [0, 0.1) is 6.92 Å². The van der Waals surface area contributed by atoms with Gasteiger partial charge < -0.3 is 19.5 Å². The molecule has 0 radical (unpaired) electrons. The van der Waals surface area contributed by atoms with Crippen LogP contribution in [0.5, 0.6) is 17.2 Å². The van der Waals surface area contributed by atoms with E-state index in [-0.39, 0.29) is 5.91 Å². The highest BCUT2D eigenvalue weighted by atomic mass is 32.1. The molecule has 0 saturated carbocycles. The van der Waals surface area contributed by atoms with Gasteiger partial charge in [0, 0.05) is 23.1 Å². The van der Waals surface area contributed by atoms with Crippen molar-refractivity contribution in [3.8, 4) is 28.5 Å². The first-order valence-electron chi connectivity index (χ1n) is 8.65. The number of nitrogens with one attached hydrogen (secondary N) is 1. The summed E-state index contributed by atoms with van der Waals surface area (Å²) in [6.07, 6.45) is 0. The molecule has 0 aliphatic rings. The van der Waals surface area contributed by atoms with Crippen LogP contribution in [0.2, 0.25) is 0 Å². The number of methoxy groups -OCH3 is 3. The lowest BCUT2D eigenvalue weighted by Crippen LogP contribution is -2.22. The topological polar surface area (TPSA) is 69.7 Å². The van der Waals surface area contributed by atoms with Gasteiger partial charge in [-0.15, -0.1) is 11.3 Å². The number of aryl methyl sites for hydroxylation is 1. The number of carbonyl (C=O) groups excluding carboxylic acids is 1. The van der Waals surface area contributed by atoms with E-state index in [4.69, 9.17) is 14.2 Å². The Morgan fingerprint density at radius 3 is 2.18 bits per heavy atom. The smallest absolute Gasteiger partial charge is 0.251 e. The fourth-order valence-corrected chi connectivity index (χ4v) is 3.41. The van der Waals surface area contributed by atoms with Crippen LogP contribution in [-0.2, 0) is 6.54 Å². The van der Waals surface area contributed by atoms with Gasteiger partial charge in [0.1, 0.15) is 0 Å². The Labute approximate surface area is 168 Å². The molecular weight excluding hydrogens is 376 g/mol. The molecule has 0 unspecified atom stereocenters. The minimum absolute atomic E-state index is 0.224. The fourth-order valence-electron chi connectivity index (χ4n) is 2.79. The molecule has 3 aromatic rings. The van der Waals surface area contributed by atoms with Gasteiger partial charge in [0.25, 0.3) is 5.91 Å². The van der Waals surface area contributed by atoms with E-state index in [1.807, 2.05) is 36.6 Å². The van der Waals surface area contributed by atoms with Gasteiger partial charge in [-0.2, -0.15) is 0 Å². The van der Waals surface area contributed by atoms with Crippen LogP contribution in [0.15, 0.2) is 41.8 Å². The summed E-state index contributed by atoms with van der Waals surface area (Å²) < 4.78 is 15.9. The molecule has 0 aliphatic heterocycles. The van der Waals surface area contributed by atoms with Crippen LogP contribution >= 0.6 is 11.3 Å². The number of benzene rings is 2. The zero-order valence-corrected chi connectivity index (χ0v) is 17.1. The fraction of sp³-hybridized carbons (Fsp3) is 0.238. The zero-order valence-electron chi connectivity index (χ0n) is 16.2. The summed E-state index contributed by atoms with van der Waals surface area (Å²) in [5.74, 6) is 1.11. The summed E-state index contributed by atoms with van der Waals surface area (Å²) in [5, 5.41) is 5.99. The summed E-state index contributed by atoms with van der Waals surface area (Å²) in [7, 11) is 4.56. The Bertz CT molecular complexity index is 942. The standard InChI is InChI=1S/C21H22N2O4S/c1-13-23-17(12-28-13)15-7-5-14(6-8-15)11-22-21(24)16-9-18(25-2)20(27-4)19(10-16)26-3/h5-10,12H,11H2,1-4H3,(H,22,24). The average molecular weight is 398 g/mol. The molecule has 3 rings (SSSR count). The molecule has 1 heterocycles. The highest BCUT2D eigenvalue weighted by molar-refractivity contribution is 7.09. The van der Waals surface area contributed by atoms with Crippen LogP contribution in [0.25, 0.3) is 11.3 Å². The number of hydrogen-bond donors (Lipinski definition) is 1. The van der Waals surface area contributed by atoms with E-state index in [1.54, 1.807) is 23.5 Å². The second-order valence-corrected chi connectivity index (χ2v) is 7.11. The first-order chi connectivity index (χ1) is 13.5.